The Labute approximate surface area is 60.3 Å². The van der Waals surface area contributed by atoms with Crippen LogP contribution in [0.25, 0.3) is 0 Å². The molecule has 2 nitrogen and oxygen atoms in total. The maximum absolute atomic E-state index is 5.51. The number of hydrogen-bond donors (Lipinski definition) is 1. The van der Waals surface area contributed by atoms with Gasteiger partial charge in [-0.05, 0) is 6.42 Å². The van der Waals surface area contributed by atoms with Gasteiger partial charge in [0.25, 0.3) is 0 Å². The van der Waals surface area contributed by atoms with E-state index in [1.165, 1.54) is 0 Å². The van der Waals surface area contributed by atoms with Crippen molar-refractivity contribution in [2.45, 2.75) is 12.8 Å². The van der Waals surface area contributed by atoms with Crippen molar-refractivity contribution in [1.82, 2.24) is 5.32 Å². The summed E-state index contributed by atoms with van der Waals surface area (Å²) < 4.78 is 0. The SMILES string of the molecule is ClCCC1=NCCCN1. The Morgan fingerprint density at radius 3 is 3.11 bits per heavy atom. The second-order valence-corrected chi connectivity index (χ2v) is 2.43. The number of nitrogens with one attached hydrogen (secondary N) is 1. The summed E-state index contributed by atoms with van der Waals surface area (Å²) in [5.41, 5.74) is 0. The number of nitrogens with zero attached hydrogens (tertiary/aromatic N) is 1. The van der Waals surface area contributed by atoms with Crippen molar-refractivity contribution in [3.63, 3.8) is 0 Å². The number of aliphatic imine (C=N–C) groups is 1. The van der Waals surface area contributed by atoms with Gasteiger partial charge in [-0.1, -0.05) is 0 Å². The molecule has 0 saturated heterocycles. The molecule has 0 spiro atoms. The number of alkyl halides is 1. The third-order valence-electron chi connectivity index (χ3n) is 1.30. The van der Waals surface area contributed by atoms with Crippen LogP contribution in [-0.2, 0) is 0 Å². The van der Waals surface area contributed by atoms with Crippen LogP contribution < -0.4 is 5.32 Å². The molecule has 1 rings (SSSR count). The molecular formula is C6H11ClN2. The van der Waals surface area contributed by atoms with Crippen LogP contribution in [0, 0.1) is 0 Å². The van der Waals surface area contributed by atoms with Gasteiger partial charge in [0.05, 0.1) is 5.84 Å². The molecule has 0 amide bonds. The molecule has 0 aromatic carbocycles. The van der Waals surface area contributed by atoms with Gasteiger partial charge >= 0.3 is 0 Å². The van der Waals surface area contributed by atoms with Gasteiger partial charge in [-0.25, -0.2) is 0 Å². The highest BCUT2D eigenvalue weighted by Crippen LogP contribution is 1.94. The lowest BCUT2D eigenvalue weighted by Gasteiger charge is -2.12. The predicted octanol–water partition coefficient (Wildman–Crippen LogP) is 1.01. The first kappa shape index (κ1) is 6.87. The topological polar surface area (TPSA) is 24.4 Å². The third kappa shape index (κ3) is 2.22. The van der Waals surface area contributed by atoms with Crippen LogP contribution in [0.15, 0.2) is 4.99 Å². The normalized spacial score (nSPS) is 18.6. The van der Waals surface area contributed by atoms with Crippen LogP contribution >= 0.6 is 11.6 Å². The molecule has 3 heteroatoms. The maximum atomic E-state index is 5.51. The third-order valence-corrected chi connectivity index (χ3v) is 1.49. The van der Waals surface area contributed by atoms with Crippen molar-refractivity contribution in [2.75, 3.05) is 19.0 Å². The van der Waals surface area contributed by atoms with Crippen LogP contribution in [-0.4, -0.2) is 24.8 Å². The van der Waals surface area contributed by atoms with Gasteiger partial charge in [0, 0.05) is 25.4 Å². The first-order valence-electron chi connectivity index (χ1n) is 3.26. The number of amidine groups is 1. The van der Waals surface area contributed by atoms with E-state index in [9.17, 15) is 0 Å². The molecule has 0 aromatic rings. The number of hydrogen-bond acceptors (Lipinski definition) is 2. The second-order valence-electron chi connectivity index (χ2n) is 2.05. The minimum atomic E-state index is 0.672. The molecule has 52 valence electrons. The monoisotopic (exact) mass is 146 g/mol. The Morgan fingerprint density at radius 1 is 1.67 bits per heavy atom. The van der Waals surface area contributed by atoms with E-state index in [0.29, 0.717) is 5.88 Å². The van der Waals surface area contributed by atoms with Crippen LogP contribution in [0.5, 0.6) is 0 Å². The second kappa shape index (κ2) is 3.72. The summed E-state index contributed by atoms with van der Waals surface area (Å²) in [6.45, 7) is 2.04. The van der Waals surface area contributed by atoms with Crippen LogP contribution in [0.3, 0.4) is 0 Å². The molecule has 0 bridgehead atoms. The molecule has 0 unspecified atom stereocenters. The van der Waals surface area contributed by atoms with E-state index in [0.717, 1.165) is 31.8 Å². The van der Waals surface area contributed by atoms with Gasteiger partial charge in [-0.15, -0.1) is 11.6 Å². The summed E-state index contributed by atoms with van der Waals surface area (Å²) >= 11 is 5.51. The Bertz CT molecular complexity index is 112. The van der Waals surface area contributed by atoms with Crippen molar-refractivity contribution in [3.8, 4) is 0 Å². The van der Waals surface area contributed by atoms with Crippen molar-refractivity contribution in [1.29, 1.82) is 0 Å². The summed E-state index contributed by atoms with van der Waals surface area (Å²) in [6.07, 6.45) is 2.05. The zero-order valence-corrected chi connectivity index (χ0v) is 6.12. The Kier molecular flexibility index (Phi) is 2.84. The Hall–Kier alpha value is -0.240. The smallest absolute Gasteiger partial charge is 0.0975 e. The molecular weight excluding hydrogens is 136 g/mol. The molecule has 1 heterocycles. The minimum absolute atomic E-state index is 0.672. The first-order valence-corrected chi connectivity index (χ1v) is 3.80. The lowest BCUT2D eigenvalue weighted by Crippen LogP contribution is -2.29. The molecule has 0 saturated carbocycles. The fourth-order valence-corrected chi connectivity index (χ4v) is 1.02. The summed E-state index contributed by atoms with van der Waals surface area (Å²) in [7, 11) is 0. The van der Waals surface area contributed by atoms with Crippen molar-refractivity contribution < 1.29 is 0 Å². The van der Waals surface area contributed by atoms with Gasteiger partial charge in [0.2, 0.25) is 0 Å². The highest BCUT2D eigenvalue weighted by atomic mass is 35.5. The molecule has 0 atom stereocenters. The Morgan fingerprint density at radius 2 is 2.56 bits per heavy atom. The molecule has 0 fully saturated rings. The van der Waals surface area contributed by atoms with E-state index in [1.807, 2.05) is 0 Å². The van der Waals surface area contributed by atoms with Crippen molar-refractivity contribution in [2.24, 2.45) is 4.99 Å². The summed E-state index contributed by atoms with van der Waals surface area (Å²) in [4.78, 5) is 4.24. The molecule has 9 heavy (non-hydrogen) atoms. The van der Waals surface area contributed by atoms with Gasteiger partial charge in [0.1, 0.15) is 0 Å². The fraction of sp³-hybridized carbons (Fsp3) is 0.833. The number of halogens is 1. The molecule has 0 radical (unpaired) electrons. The summed E-state index contributed by atoms with van der Waals surface area (Å²) in [6, 6.07) is 0. The van der Waals surface area contributed by atoms with E-state index >= 15 is 0 Å². The van der Waals surface area contributed by atoms with E-state index in [4.69, 9.17) is 11.6 Å². The van der Waals surface area contributed by atoms with E-state index < -0.39 is 0 Å². The van der Waals surface area contributed by atoms with Crippen molar-refractivity contribution in [3.05, 3.63) is 0 Å². The van der Waals surface area contributed by atoms with Gasteiger partial charge < -0.3 is 5.32 Å². The zero-order chi connectivity index (χ0) is 6.53. The highest BCUT2D eigenvalue weighted by molar-refractivity contribution is 6.19. The molecule has 0 aliphatic carbocycles. The fourth-order valence-electron chi connectivity index (χ4n) is 0.839. The van der Waals surface area contributed by atoms with Crippen LogP contribution in [0.4, 0.5) is 0 Å². The average molecular weight is 147 g/mol. The van der Waals surface area contributed by atoms with Crippen LogP contribution in [0.2, 0.25) is 0 Å². The number of rotatable bonds is 2. The average Bonchev–Trinajstić information content (AvgIpc) is 1.91. The van der Waals surface area contributed by atoms with E-state index in [2.05, 4.69) is 10.3 Å². The van der Waals surface area contributed by atoms with Gasteiger partial charge in [-0.3, -0.25) is 4.99 Å². The highest BCUT2D eigenvalue weighted by Gasteiger charge is 2.00. The predicted molar refractivity (Wildman–Crippen MR) is 40.3 cm³/mol. The van der Waals surface area contributed by atoms with Gasteiger partial charge in [0.15, 0.2) is 0 Å². The largest absolute Gasteiger partial charge is 0.374 e. The quantitative estimate of drug-likeness (QED) is 0.578. The van der Waals surface area contributed by atoms with E-state index in [1.54, 1.807) is 0 Å². The maximum Gasteiger partial charge on any atom is 0.0975 e. The molecule has 1 aliphatic rings. The first-order chi connectivity index (χ1) is 4.43. The van der Waals surface area contributed by atoms with E-state index in [-0.39, 0.29) is 0 Å². The zero-order valence-electron chi connectivity index (χ0n) is 5.36. The van der Waals surface area contributed by atoms with Crippen LogP contribution in [0.1, 0.15) is 12.8 Å². The lowest BCUT2D eigenvalue weighted by atomic mass is 10.3. The minimum Gasteiger partial charge on any atom is -0.374 e. The summed E-state index contributed by atoms with van der Waals surface area (Å²) in [5.74, 6) is 1.75. The standard InChI is InChI=1S/C6H11ClN2/c7-3-2-6-8-4-1-5-9-6/h1-5H2,(H,8,9). The lowest BCUT2D eigenvalue weighted by molar-refractivity contribution is 0.729. The van der Waals surface area contributed by atoms with Gasteiger partial charge in [-0.2, -0.15) is 0 Å². The summed E-state index contributed by atoms with van der Waals surface area (Å²) in [5, 5.41) is 3.19. The molecule has 1 aliphatic heterocycles. The Balaban J connectivity index is 2.28. The molecule has 0 aromatic heterocycles. The van der Waals surface area contributed by atoms with Crippen molar-refractivity contribution >= 4 is 17.4 Å². The molecule has 1 N–H and O–H groups in total.